The predicted octanol–water partition coefficient (Wildman–Crippen LogP) is 4.09. The summed E-state index contributed by atoms with van der Waals surface area (Å²) >= 11 is 3.40. The van der Waals surface area contributed by atoms with Crippen LogP contribution in [0.15, 0.2) is 59.6 Å². The van der Waals surface area contributed by atoms with Gasteiger partial charge < -0.3 is 10.2 Å². The fraction of sp³-hybridized carbons (Fsp3) is 0.273. The largest absolute Gasteiger partial charge is 0.332 e. The lowest BCUT2D eigenvalue weighted by Gasteiger charge is -2.18. The van der Waals surface area contributed by atoms with Gasteiger partial charge in [-0.1, -0.05) is 34.1 Å². The van der Waals surface area contributed by atoms with E-state index in [1.165, 1.54) is 4.90 Å². The second-order valence-corrected chi connectivity index (χ2v) is 7.77. The molecule has 0 radical (unpaired) electrons. The fourth-order valence-corrected chi connectivity index (χ4v) is 3.29. The molecule has 0 bridgehead atoms. The van der Waals surface area contributed by atoms with E-state index in [0.717, 1.165) is 34.4 Å². The summed E-state index contributed by atoms with van der Waals surface area (Å²) in [6.07, 6.45) is 1.85. The molecule has 6 heteroatoms. The second-order valence-electron chi connectivity index (χ2n) is 6.85. The minimum atomic E-state index is -0.232. The Kier molecular flexibility index (Phi) is 7.96. The molecule has 0 atom stereocenters. The number of halogens is 1. The lowest BCUT2D eigenvalue weighted by Crippen LogP contribution is -2.35. The Morgan fingerprint density at radius 3 is 2.43 bits per heavy atom. The molecule has 0 heterocycles. The van der Waals surface area contributed by atoms with E-state index in [9.17, 15) is 9.59 Å². The molecule has 0 unspecified atom stereocenters. The van der Waals surface area contributed by atoms with Crippen molar-refractivity contribution in [3.05, 3.63) is 76.3 Å². The predicted molar refractivity (Wildman–Crippen MR) is 117 cm³/mol. The van der Waals surface area contributed by atoms with Crippen molar-refractivity contribution in [3.63, 3.8) is 0 Å². The maximum Gasteiger partial charge on any atom is 0.254 e. The fourth-order valence-electron chi connectivity index (χ4n) is 2.81. The van der Waals surface area contributed by atoms with Crippen LogP contribution in [0.3, 0.4) is 0 Å². The quantitative estimate of drug-likeness (QED) is 0.625. The molecule has 148 valence electrons. The first-order valence-electron chi connectivity index (χ1n) is 9.00. The molecule has 0 saturated carbocycles. The van der Waals surface area contributed by atoms with Gasteiger partial charge in [0.25, 0.3) is 5.91 Å². The topological polar surface area (TPSA) is 52.7 Å². The Hall–Kier alpha value is -2.44. The van der Waals surface area contributed by atoms with Crippen LogP contribution in [0.5, 0.6) is 0 Å². The number of carbonyl (C=O) groups excluding carboxylic acids is 2. The molecule has 2 aromatic carbocycles. The molecule has 0 aliphatic rings. The highest BCUT2D eigenvalue weighted by atomic mass is 79.9. The zero-order valence-electron chi connectivity index (χ0n) is 16.5. The van der Waals surface area contributed by atoms with Gasteiger partial charge in [-0.15, -0.1) is 6.58 Å². The number of nitrogens with zero attached hydrogens (tertiary/aromatic N) is 2. The van der Waals surface area contributed by atoms with Crippen molar-refractivity contribution in [1.82, 2.24) is 9.80 Å². The number of carbonyl (C=O) groups is 2. The van der Waals surface area contributed by atoms with Crippen molar-refractivity contribution in [1.29, 1.82) is 0 Å². The first kappa shape index (κ1) is 21.9. The van der Waals surface area contributed by atoms with Crippen molar-refractivity contribution >= 4 is 33.4 Å². The average molecular weight is 444 g/mol. The number of hydrogen-bond acceptors (Lipinski definition) is 3. The number of rotatable bonds is 8. The van der Waals surface area contributed by atoms with E-state index in [1.807, 2.05) is 50.4 Å². The highest BCUT2D eigenvalue weighted by Crippen LogP contribution is 2.20. The highest BCUT2D eigenvalue weighted by molar-refractivity contribution is 9.10. The smallest absolute Gasteiger partial charge is 0.254 e. The normalized spacial score (nSPS) is 10.6. The van der Waals surface area contributed by atoms with Crippen LogP contribution in [0, 0.1) is 6.92 Å². The molecule has 0 aromatic heterocycles. The summed E-state index contributed by atoms with van der Waals surface area (Å²) in [7, 11) is 3.64. The molecule has 0 spiro atoms. The minimum Gasteiger partial charge on any atom is -0.332 e. The molecule has 2 amide bonds. The molecular weight excluding hydrogens is 418 g/mol. The lowest BCUT2D eigenvalue weighted by molar-refractivity contribution is -0.116. The minimum absolute atomic E-state index is 0.0157. The van der Waals surface area contributed by atoms with Crippen LogP contribution in [-0.4, -0.2) is 48.8 Å². The van der Waals surface area contributed by atoms with Crippen molar-refractivity contribution < 1.29 is 9.59 Å². The third-order valence-corrected chi connectivity index (χ3v) is 4.78. The highest BCUT2D eigenvalue weighted by Gasteiger charge is 2.15. The first-order chi connectivity index (χ1) is 13.3. The number of nitrogens with one attached hydrogen (secondary N) is 1. The molecule has 28 heavy (non-hydrogen) atoms. The average Bonchev–Trinajstić information content (AvgIpc) is 2.64. The summed E-state index contributed by atoms with van der Waals surface area (Å²) in [5.41, 5.74) is 3.37. The third kappa shape index (κ3) is 6.32. The SMILES string of the molecule is C=CCN(C)Cc1ccc(C(=O)N(C)CC(=O)Nc2ccc(Br)cc2C)cc1. The number of aryl methyl sites for hydroxylation is 1. The van der Waals surface area contributed by atoms with Crippen molar-refractivity contribution in [2.24, 2.45) is 0 Å². The Balaban J connectivity index is 1.94. The molecule has 2 aromatic rings. The van der Waals surface area contributed by atoms with Gasteiger partial charge in [0.05, 0.1) is 6.54 Å². The summed E-state index contributed by atoms with van der Waals surface area (Å²) in [6.45, 7) is 7.22. The van der Waals surface area contributed by atoms with Crippen LogP contribution >= 0.6 is 15.9 Å². The summed E-state index contributed by atoms with van der Waals surface area (Å²) in [6, 6.07) is 13.1. The van der Waals surface area contributed by atoms with E-state index in [0.29, 0.717) is 5.56 Å². The van der Waals surface area contributed by atoms with E-state index in [2.05, 4.69) is 32.7 Å². The Morgan fingerprint density at radius 1 is 1.14 bits per heavy atom. The molecule has 0 aliphatic carbocycles. The molecule has 0 fully saturated rings. The van der Waals surface area contributed by atoms with Gasteiger partial charge in [0.15, 0.2) is 0 Å². The maximum atomic E-state index is 12.6. The lowest BCUT2D eigenvalue weighted by atomic mass is 10.1. The number of hydrogen-bond donors (Lipinski definition) is 1. The van der Waals surface area contributed by atoms with E-state index in [1.54, 1.807) is 19.2 Å². The monoisotopic (exact) mass is 443 g/mol. The number of amides is 2. The second kappa shape index (κ2) is 10.2. The van der Waals surface area contributed by atoms with Crippen LogP contribution in [-0.2, 0) is 11.3 Å². The molecule has 2 rings (SSSR count). The molecule has 0 saturated heterocycles. The van der Waals surface area contributed by atoms with Gasteiger partial charge in [0.2, 0.25) is 5.91 Å². The van der Waals surface area contributed by atoms with E-state index >= 15 is 0 Å². The van der Waals surface area contributed by atoms with Crippen LogP contribution < -0.4 is 5.32 Å². The van der Waals surface area contributed by atoms with Crippen LogP contribution in [0.2, 0.25) is 0 Å². The van der Waals surface area contributed by atoms with Gasteiger partial charge in [-0.3, -0.25) is 14.5 Å². The molecule has 5 nitrogen and oxygen atoms in total. The number of benzene rings is 2. The third-order valence-electron chi connectivity index (χ3n) is 4.28. The summed E-state index contributed by atoms with van der Waals surface area (Å²) in [4.78, 5) is 28.4. The van der Waals surface area contributed by atoms with Gasteiger partial charge in [-0.2, -0.15) is 0 Å². The van der Waals surface area contributed by atoms with Crippen molar-refractivity contribution in [2.75, 3.05) is 32.5 Å². The summed E-state index contributed by atoms with van der Waals surface area (Å²) in [5, 5.41) is 2.85. The molecular formula is C22H26BrN3O2. The van der Waals surface area contributed by atoms with Crippen LogP contribution in [0.1, 0.15) is 21.5 Å². The van der Waals surface area contributed by atoms with Crippen molar-refractivity contribution in [3.8, 4) is 0 Å². The van der Waals surface area contributed by atoms with Gasteiger partial charge in [-0.25, -0.2) is 0 Å². The van der Waals surface area contributed by atoms with Crippen molar-refractivity contribution in [2.45, 2.75) is 13.5 Å². The Bertz CT molecular complexity index is 849. The Labute approximate surface area is 175 Å². The number of anilines is 1. The van der Waals surface area contributed by atoms with E-state index < -0.39 is 0 Å². The first-order valence-corrected chi connectivity index (χ1v) is 9.79. The standard InChI is InChI=1S/C22H26BrN3O2/c1-5-12-25(3)14-17-6-8-18(9-7-17)22(28)26(4)15-21(27)24-20-11-10-19(23)13-16(20)2/h5-11,13H,1,12,14-15H2,2-4H3,(H,24,27). The molecule has 1 N–H and O–H groups in total. The van der Waals surface area contributed by atoms with Gasteiger partial charge in [0, 0.05) is 35.9 Å². The zero-order valence-corrected chi connectivity index (χ0v) is 18.1. The van der Waals surface area contributed by atoms with Crippen LogP contribution in [0.4, 0.5) is 5.69 Å². The van der Waals surface area contributed by atoms with Gasteiger partial charge in [0.1, 0.15) is 0 Å². The van der Waals surface area contributed by atoms with Crippen LogP contribution in [0.25, 0.3) is 0 Å². The van der Waals surface area contributed by atoms with E-state index in [-0.39, 0.29) is 18.4 Å². The summed E-state index contributed by atoms with van der Waals surface area (Å²) in [5.74, 6) is -0.419. The zero-order chi connectivity index (χ0) is 20.7. The Morgan fingerprint density at radius 2 is 1.82 bits per heavy atom. The maximum absolute atomic E-state index is 12.6. The van der Waals surface area contributed by atoms with E-state index in [4.69, 9.17) is 0 Å². The van der Waals surface area contributed by atoms with Gasteiger partial charge in [-0.05, 0) is 55.4 Å². The molecule has 0 aliphatic heterocycles. The number of likely N-dealkylation sites (N-methyl/N-ethyl adjacent to an activating group) is 2. The summed E-state index contributed by atoms with van der Waals surface area (Å²) < 4.78 is 0.953. The van der Waals surface area contributed by atoms with Gasteiger partial charge >= 0.3 is 0 Å².